The Hall–Kier alpha value is -3.51. The summed E-state index contributed by atoms with van der Waals surface area (Å²) >= 11 is 0. The number of halogens is 2. The van der Waals surface area contributed by atoms with Crippen LogP contribution in [0.4, 0.5) is 8.78 Å². The second-order valence-corrected chi connectivity index (χ2v) is 16.3. The summed E-state index contributed by atoms with van der Waals surface area (Å²) in [6.45, 7) is 8.61. The normalized spacial score (nSPS) is 12.7. The first-order chi connectivity index (χ1) is 20.7. The van der Waals surface area contributed by atoms with E-state index in [-0.39, 0.29) is 37.7 Å². The molecule has 0 saturated carbocycles. The van der Waals surface area contributed by atoms with Gasteiger partial charge in [-0.05, 0) is 40.2 Å². The maximum Gasteiger partial charge on any atom is 0.143 e. The zero-order chi connectivity index (χ0) is 31.8. The molecule has 0 spiro atoms. The van der Waals surface area contributed by atoms with E-state index in [1.54, 1.807) is 30.3 Å². The van der Waals surface area contributed by atoms with Gasteiger partial charge in [-0.15, -0.1) is 53.6 Å². The molecule has 3 aromatic carbocycles. The van der Waals surface area contributed by atoms with Crippen LogP contribution in [0.3, 0.4) is 0 Å². The van der Waals surface area contributed by atoms with Gasteiger partial charge in [0.1, 0.15) is 17.2 Å². The minimum atomic E-state index is -2.08. The largest absolute Gasteiger partial charge is 0.500 e. The summed E-state index contributed by atoms with van der Waals surface area (Å²) in [6, 6.07) is 24.9. The van der Waals surface area contributed by atoms with Crippen LogP contribution in [0.2, 0.25) is 19.6 Å². The molecule has 0 bridgehead atoms. The predicted molar refractivity (Wildman–Crippen MR) is 166 cm³/mol. The van der Waals surface area contributed by atoms with E-state index in [0.717, 1.165) is 22.0 Å². The third kappa shape index (κ3) is 6.75. The van der Waals surface area contributed by atoms with Crippen LogP contribution in [-0.4, -0.2) is 18.0 Å². The molecule has 0 aliphatic carbocycles. The molecule has 0 fully saturated rings. The van der Waals surface area contributed by atoms with E-state index in [1.165, 1.54) is 29.6 Å². The first-order valence-corrected chi connectivity index (χ1v) is 16.9. The summed E-state index contributed by atoms with van der Waals surface area (Å²) in [5, 5.41) is 2.99. The van der Waals surface area contributed by atoms with Gasteiger partial charge >= 0.3 is 0 Å². The molecule has 0 amide bonds. The monoisotopic (exact) mass is 758 g/mol. The third-order valence-electron chi connectivity index (χ3n) is 6.88. The van der Waals surface area contributed by atoms with Crippen molar-refractivity contribution in [2.75, 3.05) is 0 Å². The Balaban J connectivity index is 0.000000204. The van der Waals surface area contributed by atoms with Crippen molar-refractivity contribution in [2.24, 2.45) is 0 Å². The number of hydrogen-bond acceptors (Lipinski definition) is 3. The molecule has 0 unspecified atom stereocenters. The quantitative estimate of drug-likeness (QED) is 0.133. The molecule has 3 heterocycles. The molecular formula is C35H32F2IrN2OSi-2. The van der Waals surface area contributed by atoms with Crippen LogP contribution in [-0.2, 0) is 20.1 Å². The van der Waals surface area contributed by atoms with Crippen LogP contribution in [0.25, 0.3) is 44.5 Å². The average Bonchev–Trinajstić information content (AvgIpc) is 3.35. The molecule has 0 aliphatic heterocycles. The molecule has 42 heavy (non-hydrogen) atoms. The Bertz CT molecular complexity index is 1880. The number of benzene rings is 3. The number of hydrogen-bond donors (Lipinski definition) is 0. The molecule has 0 saturated heterocycles. The van der Waals surface area contributed by atoms with Gasteiger partial charge in [-0.1, -0.05) is 69.5 Å². The molecular weight excluding hydrogens is 723 g/mol. The van der Waals surface area contributed by atoms with Crippen LogP contribution in [0.5, 0.6) is 0 Å². The molecule has 6 rings (SSSR count). The summed E-state index contributed by atoms with van der Waals surface area (Å²) in [5.41, 5.74) is 4.82. The first-order valence-electron chi connectivity index (χ1n) is 14.9. The van der Waals surface area contributed by atoms with Gasteiger partial charge in [-0.25, -0.2) is 8.78 Å². The SMILES string of the molecule is CC(C)c1cc(-c2[c-]ccc3c2oc2cc(F)ccc23)ncc1F.[2H]C([2H])([2H])c1c[c-]c(-c2ccc([Si](C)(C)C)cn2)cc1.[Ir]. The molecule has 3 nitrogen and oxygen atoms in total. The fourth-order valence-electron chi connectivity index (χ4n) is 4.52. The zero-order valence-corrected chi connectivity index (χ0v) is 27.4. The van der Waals surface area contributed by atoms with Crippen LogP contribution in [0, 0.1) is 30.6 Å². The second-order valence-electron chi connectivity index (χ2n) is 11.3. The first kappa shape index (κ1) is 27.3. The van der Waals surface area contributed by atoms with E-state index in [0.29, 0.717) is 33.6 Å². The molecule has 217 valence electrons. The van der Waals surface area contributed by atoms with Gasteiger partial charge in [-0.3, -0.25) is 0 Å². The van der Waals surface area contributed by atoms with Gasteiger partial charge in [0.15, 0.2) is 0 Å². The van der Waals surface area contributed by atoms with Crippen molar-refractivity contribution < 1.29 is 37.4 Å². The maximum absolute atomic E-state index is 13.9. The third-order valence-corrected chi connectivity index (χ3v) is 8.90. The summed E-state index contributed by atoms with van der Waals surface area (Å²) < 4.78 is 55.3. The van der Waals surface area contributed by atoms with Gasteiger partial charge in [-0.2, -0.15) is 0 Å². The van der Waals surface area contributed by atoms with Crippen molar-refractivity contribution in [3.63, 3.8) is 0 Å². The molecule has 1 radical (unpaired) electrons. The topological polar surface area (TPSA) is 38.9 Å². The van der Waals surface area contributed by atoms with Crippen molar-refractivity contribution in [1.29, 1.82) is 0 Å². The van der Waals surface area contributed by atoms with E-state index >= 15 is 0 Å². The van der Waals surface area contributed by atoms with Crippen LogP contribution >= 0.6 is 0 Å². The summed E-state index contributed by atoms with van der Waals surface area (Å²) in [7, 11) is -1.34. The Morgan fingerprint density at radius 1 is 0.881 bits per heavy atom. The number of aromatic nitrogens is 2. The van der Waals surface area contributed by atoms with Crippen molar-refractivity contribution in [1.82, 2.24) is 9.97 Å². The number of aryl methyl sites for hydroxylation is 1. The van der Waals surface area contributed by atoms with Crippen LogP contribution in [0.15, 0.2) is 83.5 Å². The summed E-state index contributed by atoms with van der Waals surface area (Å²) in [4.78, 5) is 8.66. The van der Waals surface area contributed by atoms with Gasteiger partial charge in [0.2, 0.25) is 0 Å². The van der Waals surface area contributed by atoms with E-state index in [2.05, 4.69) is 47.8 Å². The van der Waals surface area contributed by atoms with Gasteiger partial charge in [0, 0.05) is 41.9 Å². The Kier molecular flexibility index (Phi) is 8.32. The molecule has 0 N–H and O–H groups in total. The van der Waals surface area contributed by atoms with Crippen molar-refractivity contribution >= 4 is 35.2 Å². The van der Waals surface area contributed by atoms with E-state index in [4.69, 9.17) is 8.53 Å². The van der Waals surface area contributed by atoms with Crippen LogP contribution in [0.1, 0.15) is 35.0 Å². The molecule has 6 aromatic rings. The minimum Gasteiger partial charge on any atom is -0.500 e. The fraction of sp³-hybridized carbons (Fsp3) is 0.200. The predicted octanol–water partition coefficient (Wildman–Crippen LogP) is 9.25. The number of rotatable bonds is 4. The molecule has 7 heteroatoms. The Labute approximate surface area is 264 Å². The van der Waals surface area contributed by atoms with E-state index in [1.807, 2.05) is 32.2 Å². The fourth-order valence-corrected chi connectivity index (χ4v) is 5.56. The average molecular weight is 758 g/mol. The maximum atomic E-state index is 13.9. The second kappa shape index (κ2) is 12.8. The molecule has 0 aliphatic rings. The van der Waals surface area contributed by atoms with Crippen molar-refractivity contribution in [3.8, 4) is 22.5 Å². The number of furan rings is 1. The number of nitrogens with zero attached hydrogens (tertiary/aromatic N) is 2. The van der Waals surface area contributed by atoms with Crippen LogP contribution < -0.4 is 5.19 Å². The van der Waals surface area contributed by atoms with Crippen molar-refractivity contribution in [3.05, 3.63) is 114 Å². The van der Waals surface area contributed by atoms with Crippen molar-refractivity contribution in [2.45, 2.75) is 46.3 Å². The summed E-state index contributed by atoms with van der Waals surface area (Å²) in [5.74, 6) is -0.641. The summed E-state index contributed by atoms with van der Waals surface area (Å²) in [6.07, 6.45) is 3.15. The van der Waals surface area contributed by atoms with Gasteiger partial charge in [0.05, 0.1) is 19.9 Å². The van der Waals surface area contributed by atoms with Gasteiger partial charge < -0.3 is 14.4 Å². The molecule has 0 atom stereocenters. The minimum absolute atomic E-state index is 0. The standard InChI is InChI=1S/C20H14F2NO.C15H18NSi.Ir/c1-11(2)16-9-18(23-10-17(16)22)15-5-3-4-14-13-7-6-12(21)8-19(13)24-20(14)15;1-12-5-7-13(8-6-12)15-10-9-14(11-16-15)17(2,3)4;/h3-4,6-11H,1-2H3;5-7,9-11H,1-4H3;/q2*-1;/i;1D3;. The Morgan fingerprint density at radius 3 is 2.31 bits per heavy atom. The Morgan fingerprint density at radius 2 is 1.67 bits per heavy atom. The number of pyridine rings is 2. The smallest absolute Gasteiger partial charge is 0.143 e. The van der Waals surface area contributed by atoms with Gasteiger partial charge in [0.25, 0.3) is 0 Å². The van der Waals surface area contributed by atoms with E-state index < -0.39 is 14.9 Å². The zero-order valence-electron chi connectivity index (χ0n) is 27.0. The number of fused-ring (bicyclic) bond motifs is 3. The molecule has 3 aromatic heterocycles. The van der Waals surface area contributed by atoms with E-state index in [9.17, 15) is 8.78 Å².